The zero-order chi connectivity index (χ0) is 15.2. The van der Waals surface area contributed by atoms with Crippen molar-refractivity contribution in [3.8, 4) is 0 Å². The first-order chi connectivity index (χ1) is 10.1. The number of ketones is 1. The lowest BCUT2D eigenvalue weighted by atomic mass is 10.1. The topological polar surface area (TPSA) is 60.2 Å². The zero-order valence-electron chi connectivity index (χ0n) is 11.0. The molecule has 2 aromatic carbocycles. The minimum Gasteiger partial charge on any atom is -0.294 e. The van der Waals surface area contributed by atoms with Crippen LogP contribution in [-0.4, -0.2) is 10.7 Å². The Hall–Kier alpha value is -2.27. The lowest BCUT2D eigenvalue weighted by Crippen LogP contribution is -1.96. The van der Waals surface area contributed by atoms with Gasteiger partial charge in [0.25, 0.3) is 5.69 Å². The highest BCUT2D eigenvalue weighted by Crippen LogP contribution is 2.19. The van der Waals surface area contributed by atoms with Crippen molar-refractivity contribution >= 4 is 33.5 Å². The smallest absolute Gasteiger partial charge is 0.276 e. The van der Waals surface area contributed by atoms with Gasteiger partial charge in [-0.1, -0.05) is 52.3 Å². The quantitative estimate of drug-likeness (QED) is 0.450. The van der Waals surface area contributed by atoms with E-state index in [1.165, 1.54) is 6.07 Å². The first-order valence-corrected chi connectivity index (χ1v) is 7.06. The molecule has 106 valence electrons. The number of carbonyl (C=O) groups excluding carboxylic acids is 1. The van der Waals surface area contributed by atoms with Crippen LogP contribution in [-0.2, 0) is 0 Å². The normalized spacial score (nSPS) is 10.7. The summed E-state index contributed by atoms with van der Waals surface area (Å²) in [6.45, 7) is 0. The summed E-state index contributed by atoms with van der Waals surface area (Å²) in [7, 11) is 0. The van der Waals surface area contributed by atoms with Gasteiger partial charge in [-0.15, -0.1) is 0 Å². The molecule has 0 fully saturated rings. The lowest BCUT2D eigenvalue weighted by molar-refractivity contribution is -0.385. The molecule has 0 atom stereocenters. The van der Waals surface area contributed by atoms with E-state index in [1.807, 2.05) is 0 Å². The largest absolute Gasteiger partial charge is 0.294 e. The summed E-state index contributed by atoms with van der Waals surface area (Å²) in [5.74, 6) is -0.0302. The fourth-order valence-corrected chi connectivity index (χ4v) is 2.11. The van der Waals surface area contributed by atoms with Crippen LogP contribution >= 0.6 is 15.9 Å². The highest BCUT2D eigenvalue weighted by atomic mass is 79.9. The van der Waals surface area contributed by atoms with E-state index in [-0.39, 0.29) is 17.9 Å². The van der Waals surface area contributed by atoms with E-state index >= 15 is 0 Å². The minimum atomic E-state index is -0.434. The molecule has 0 aliphatic rings. The standard InChI is InChI=1S/C16H12BrNO3/c17-14-10-8-13(9-11-14)16(19)7-3-5-12-4-1-2-6-15(12)18(20)21/h1-6,8-11H,7H2. The van der Waals surface area contributed by atoms with E-state index in [1.54, 1.807) is 54.6 Å². The van der Waals surface area contributed by atoms with E-state index in [4.69, 9.17) is 0 Å². The van der Waals surface area contributed by atoms with Gasteiger partial charge in [0, 0.05) is 22.5 Å². The van der Waals surface area contributed by atoms with E-state index in [0.717, 1.165) is 4.47 Å². The summed E-state index contributed by atoms with van der Waals surface area (Å²) in [4.78, 5) is 22.4. The number of nitrogens with zero attached hydrogens (tertiary/aromatic N) is 1. The van der Waals surface area contributed by atoms with E-state index < -0.39 is 4.92 Å². The number of rotatable bonds is 5. The summed E-state index contributed by atoms with van der Waals surface area (Å²) >= 11 is 3.31. The fourth-order valence-electron chi connectivity index (χ4n) is 1.84. The molecular weight excluding hydrogens is 334 g/mol. The number of hydrogen-bond donors (Lipinski definition) is 0. The van der Waals surface area contributed by atoms with Crippen molar-refractivity contribution in [3.05, 3.63) is 80.3 Å². The predicted octanol–water partition coefficient (Wildman–Crippen LogP) is 4.64. The van der Waals surface area contributed by atoms with Crippen molar-refractivity contribution in [2.75, 3.05) is 0 Å². The highest BCUT2D eigenvalue weighted by molar-refractivity contribution is 9.10. The Morgan fingerprint density at radius 3 is 2.48 bits per heavy atom. The third-order valence-electron chi connectivity index (χ3n) is 2.90. The van der Waals surface area contributed by atoms with Gasteiger partial charge in [-0.2, -0.15) is 0 Å². The van der Waals surface area contributed by atoms with Crippen molar-refractivity contribution in [1.82, 2.24) is 0 Å². The van der Waals surface area contributed by atoms with Crippen molar-refractivity contribution < 1.29 is 9.72 Å². The highest BCUT2D eigenvalue weighted by Gasteiger charge is 2.09. The van der Waals surface area contributed by atoms with Crippen LogP contribution in [0.5, 0.6) is 0 Å². The number of hydrogen-bond acceptors (Lipinski definition) is 3. The Morgan fingerprint density at radius 1 is 1.14 bits per heavy atom. The zero-order valence-corrected chi connectivity index (χ0v) is 12.6. The van der Waals surface area contributed by atoms with Gasteiger partial charge >= 0.3 is 0 Å². The Bertz CT molecular complexity index is 693. The van der Waals surface area contributed by atoms with Crippen LogP contribution in [0.4, 0.5) is 5.69 Å². The van der Waals surface area contributed by atoms with Crippen LogP contribution in [0.3, 0.4) is 0 Å². The molecule has 0 amide bonds. The van der Waals surface area contributed by atoms with Crippen LogP contribution < -0.4 is 0 Å². The monoisotopic (exact) mass is 345 g/mol. The average Bonchev–Trinajstić information content (AvgIpc) is 2.48. The molecule has 0 N–H and O–H groups in total. The number of benzene rings is 2. The molecule has 0 radical (unpaired) electrons. The average molecular weight is 346 g/mol. The molecular formula is C16H12BrNO3. The summed E-state index contributed by atoms with van der Waals surface area (Å²) < 4.78 is 0.912. The maximum atomic E-state index is 12.0. The number of carbonyl (C=O) groups is 1. The van der Waals surface area contributed by atoms with E-state index in [9.17, 15) is 14.9 Å². The lowest BCUT2D eigenvalue weighted by Gasteiger charge is -1.98. The molecule has 0 aliphatic carbocycles. The van der Waals surface area contributed by atoms with Gasteiger partial charge in [-0.05, 0) is 18.2 Å². The Morgan fingerprint density at radius 2 is 1.81 bits per heavy atom. The maximum absolute atomic E-state index is 12.0. The second kappa shape index (κ2) is 6.95. The second-order valence-corrected chi connectivity index (χ2v) is 5.27. The molecule has 2 rings (SSSR count). The van der Waals surface area contributed by atoms with E-state index in [2.05, 4.69) is 15.9 Å². The Kier molecular flexibility index (Phi) is 5.00. The molecule has 4 nitrogen and oxygen atoms in total. The van der Waals surface area contributed by atoms with Crippen molar-refractivity contribution in [2.24, 2.45) is 0 Å². The van der Waals surface area contributed by atoms with Crippen molar-refractivity contribution in [2.45, 2.75) is 6.42 Å². The third kappa shape index (κ3) is 4.10. The molecule has 2 aromatic rings. The summed E-state index contributed by atoms with van der Waals surface area (Å²) in [5.41, 5.74) is 1.14. The van der Waals surface area contributed by atoms with Gasteiger partial charge in [0.1, 0.15) is 0 Å². The summed E-state index contributed by atoms with van der Waals surface area (Å²) in [6, 6.07) is 13.5. The second-order valence-electron chi connectivity index (χ2n) is 4.35. The number of nitro groups is 1. The van der Waals surface area contributed by atoms with Gasteiger partial charge in [0.15, 0.2) is 5.78 Å². The fraction of sp³-hybridized carbons (Fsp3) is 0.0625. The summed E-state index contributed by atoms with van der Waals surface area (Å²) in [6.07, 6.45) is 3.45. The van der Waals surface area contributed by atoms with Gasteiger partial charge in [-0.25, -0.2) is 0 Å². The van der Waals surface area contributed by atoms with Crippen LogP contribution in [0.1, 0.15) is 22.3 Å². The van der Waals surface area contributed by atoms with E-state index in [0.29, 0.717) is 11.1 Å². The first kappa shape index (κ1) is 15.1. The number of allylic oxidation sites excluding steroid dienone is 1. The van der Waals surface area contributed by atoms with Gasteiger partial charge in [0.05, 0.1) is 10.5 Å². The van der Waals surface area contributed by atoms with Gasteiger partial charge < -0.3 is 0 Å². The maximum Gasteiger partial charge on any atom is 0.276 e. The molecule has 0 aliphatic heterocycles. The van der Waals surface area contributed by atoms with Crippen LogP contribution in [0, 0.1) is 10.1 Å². The van der Waals surface area contributed by atoms with Crippen molar-refractivity contribution in [1.29, 1.82) is 0 Å². The number of nitro benzene ring substituents is 1. The molecule has 5 heteroatoms. The SMILES string of the molecule is O=C(CC=Cc1ccccc1[N+](=O)[O-])c1ccc(Br)cc1. The van der Waals surface area contributed by atoms with Gasteiger partial charge in [-0.3, -0.25) is 14.9 Å². The number of Topliss-reactive ketones (excluding diaryl/α,β-unsaturated/α-hetero) is 1. The molecule has 0 bridgehead atoms. The molecule has 0 spiro atoms. The van der Waals surface area contributed by atoms with Crippen LogP contribution in [0.15, 0.2) is 59.1 Å². The molecule has 21 heavy (non-hydrogen) atoms. The Labute approximate surface area is 130 Å². The third-order valence-corrected chi connectivity index (χ3v) is 3.43. The molecule has 0 heterocycles. The van der Waals surface area contributed by atoms with Crippen LogP contribution in [0.2, 0.25) is 0 Å². The minimum absolute atomic E-state index is 0.0302. The molecule has 0 aromatic heterocycles. The summed E-state index contributed by atoms with van der Waals surface area (Å²) in [5, 5.41) is 10.9. The molecule has 0 saturated heterocycles. The number of halogens is 1. The first-order valence-electron chi connectivity index (χ1n) is 6.26. The number of para-hydroxylation sites is 1. The predicted molar refractivity (Wildman–Crippen MR) is 85.2 cm³/mol. The van der Waals surface area contributed by atoms with Gasteiger partial charge in [0.2, 0.25) is 0 Å². The molecule has 0 unspecified atom stereocenters. The van der Waals surface area contributed by atoms with Crippen molar-refractivity contribution in [3.63, 3.8) is 0 Å². The Balaban J connectivity index is 2.07. The van der Waals surface area contributed by atoms with Crippen LogP contribution in [0.25, 0.3) is 6.08 Å². The molecule has 0 saturated carbocycles.